The summed E-state index contributed by atoms with van der Waals surface area (Å²) in [6.45, 7) is 10.1. The van der Waals surface area contributed by atoms with Crippen LogP contribution in [0.2, 0.25) is 0 Å². The third-order valence-electron chi connectivity index (χ3n) is 15.6. The molecule has 16 nitrogen and oxygen atoms in total. The van der Waals surface area contributed by atoms with Crippen molar-refractivity contribution in [1.82, 2.24) is 26.2 Å². The van der Waals surface area contributed by atoms with Gasteiger partial charge in [0.15, 0.2) is 0 Å². The molecule has 2 rings (SSSR count). The number of nitrogens with one attached hydrogen (secondary N) is 4. The molecule has 0 heterocycles. The lowest BCUT2D eigenvalue weighted by Gasteiger charge is -2.35. The number of unbranched alkanes of at least 4 members (excludes halogenated alkanes) is 27. The predicted molar refractivity (Wildman–Crippen MR) is 353 cm³/mol. The summed E-state index contributed by atoms with van der Waals surface area (Å²) < 4.78 is 63.5. The normalized spacial score (nSPS) is 11.2. The van der Waals surface area contributed by atoms with Crippen molar-refractivity contribution in [1.29, 1.82) is 0 Å². The number of amides is 5. The van der Waals surface area contributed by atoms with Crippen molar-refractivity contribution in [3.05, 3.63) is 70.8 Å². The summed E-state index contributed by atoms with van der Waals surface area (Å²) in [7, 11) is 0. The largest absolute Gasteiger partial charge is 0.490 e. The van der Waals surface area contributed by atoms with E-state index >= 15 is 0 Å². The van der Waals surface area contributed by atoms with Crippen molar-refractivity contribution in [3.63, 3.8) is 0 Å². The van der Waals surface area contributed by atoms with Crippen molar-refractivity contribution in [2.24, 2.45) is 11.5 Å². The molecule has 2 aromatic rings. The van der Waals surface area contributed by atoms with Gasteiger partial charge in [0.05, 0.1) is 0 Å². The Kier molecular flexibility index (Phi) is 50.6. The van der Waals surface area contributed by atoms with Gasteiger partial charge in [0.1, 0.15) is 0 Å². The highest BCUT2D eigenvalue weighted by atomic mass is 19.4. The number of hydrogen-bond acceptors (Lipinski definition) is 9. The van der Waals surface area contributed by atoms with E-state index < -0.39 is 29.8 Å². The zero-order chi connectivity index (χ0) is 68.7. The quantitative estimate of drug-likeness (QED) is 0.0175. The second-order valence-electron chi connectivity index (χ2n) is 23.7. The van der Waals surface area contributed by atoms with Crippen LogP contribution in [0.1, 0.15) is 284 Å². The van der Waals surface area contributed by atoms with Gasteiger partial charge in [-0.3, -0.25) is 24.0 Å². The molecular weight excluding hydrogens is 1200 g/mol. The Morgan fingerprint density at radius 3 is 0.913 bits per heavy atom. The predicted octanol–water partition coefficient (Wildman–Crippen LogP) is 14.6. The lowest BCUT2D eigenvalue weighted by Crippen LogP contribution is -2.50. The smallest absolute Gasteiger partial charge is 0.475 e. The lowest BCUT2D eigenvalue weighted by molar-refractivity contribution is -0.193. The van der Waals surface area contributed by atoms with E-state index in [-0.39, 0.29) is 68.1 Å². The SMILES string of the molecule is CCCCCCCCCCCCNC(=O)CCC(CCC(=O)NCCCCCCCCCCCC)(CCC(=O)NCCCCCCCCCCCC)NC(=O)c1ccc(C#Cc2ccc(C(=O)N(CCN)CCN)cc2)cc1.O=C(O)C(F)(F)F.O=C(O)C(F)(F)F. The summed E-state index contributed by atoms with van der Waals surface area (Å²) in [6.07, 6.45) is 27.6. The number of alkyl halides is 6. The summed E-state index contributed by atoms with van der Waals surface area (Å²) in [6, 6.07) is 14.2. The molecule has 0 bridgehead atoms. The fourth-order valence-corrected chi connectivity index (χ4v) is 10.1. The third kappa shape index (κ3) is 46.8. The molecule has 10 N–H and O–H groups in total. The van der Waals surface area contributed by atoms with Gasteiger partial charge in [-0.2, -0.15) is 26.3 Å². The minimum atomic E-state index is -5.08. The standard InChI is InChI=1S/C66H111N7O5.2C2HF3O2/c1-4-7-10-13-16-19-22-25-28-31-52-69-61(74)44-47-66(48-45-62(75)70-53-32-29-26-23-20-17-14-11-8-5-2,49-46-63(76)71-54-33-30-27-24-21-18-15-12-9-6-3)72-64(77)59-40-36-57(37-41-59)34-35-58-38-42-60(43-39-58)65(78)73(55-50-67)56-51-68;2*3-2(4,5)1(6)7/h36-43H,4-33,44-56,67-68H2,1-3H3,(H,69,74)(H,70,75)(H,71,76)(H,72,77);2*(H,6,7). The Bertz CT molecular complexity index is 2230. The Morgan fingerprint density at radius 1 is 0.413 bits per heavy atom. The second-order valence-corrected chi connectivity index (χ2v) is 23.7. The highest BCUT2D eigenvalue weighted by Gasteiger charge is 2.39. The molecule has 0 aliphatic carbocycles. The molecule has 0 unspecified atom stereocenters. The van der Waals surface area contributed by atoms with Gasteiger partial charge >= 0.3 is 24.3 Å². The highest BCUT2D eigenvalue weighted by molar-refractivity contribution is 5.95. The molecule has 0 aliphatic rings. The van der Waals surface area contributed by atoms with Gasteiger partial charge in [-0.05, 0) is 87.1 Å². The Hall–Kier alpha value is -6.21. The summed E-state index contributed by atoms with van der Waals surface area (Å²) in [5.74, 6) is 0.0670. The molecule has 0 aliphatic heterocycles. The summed E-state index contributed by atoms with van der Waals surface area (Å²) in [5.41, 5.74) is 12.8. The number of nitrogens with zero attached hydrogens (tertiary/aromatic N) is 1. The van der Waals surface area contributed by atoms with E-state index in [4.69, 9.17) is 31.3 Å². The fraction of sp³-hybridized carbons (Fsp3) is 0.700. The molecule has 92 heavy (non-hydrogen) atoms. The van der Waals surface area contributed by atoms with E-state index in [0.717, 1.165) is 63.4 Å². The number of carboxylic acids is 2. The Labute approximate surface area is 545 Å². The van der Waals surface area contributed by atoms with E-state index in [2.05, 4.69) is 53.9 Å². The molecule has 0 spiro atoms. The topological polar surface area (TPSA) is 263 Å². The maximum absolute atomic E-state index is 14.4. The highest BCUT2D eigenvalue weighted by Crippen LogP contribution is 2.28. The maximum atomic E-state index is 14.4. The van der Waals surface area contributed by atoms with Crippen molar-refractivity contribution in [2.45, 2.75) is 270 Å². The number of hydrogen-bond donors (Lipinski definition) is 8. The van der Waals surface area contributed by atoms with Crippen LogP contribution < -0.4 is 32.7 Å². The number of halogens is 6. The lowest BCUT2D eigenvalue weighted by atomic mass is 9.82. The minimum absolute atomic E-state index is 0.0929. The van der Waals surface area contributed by atoms with Gasteiger partial charge in [0, 0.05) is 92.9 Å². The van der Waals surface area contributed by atoms with Gasteiger partial charge in [-0.25, -0.2) is 9.59 Å². The Balaban J connectivity index is 0.00000526. The summed E-state index contributed by atoms with van der Waals surface area (Å²) >= 11 is 0. The number of carbonyl (C=O) groups is 7. The van der Waals surface area contributed by atoms with Crippen LogP contribution in [0.25, 0.3) is 0 Å². The van der Waals surface area contributed by atoms with Crippen molar-refractivity contribution >= 4 is 41.5 Å². The molecule has 0 atom stereocenters. The molecule has 0 radical (unpaired) electrons. The number of rotatable bonds is 49. The van der Waals surface area contributed by atoms with Crippen molar-refractivity contribution in [2.75, 3.05) is 45.8 Å². The number of carbonyl (C=O) groups excluding carboxylic acids is 5. The maximum Gasteiger partial charge on any atom is 0.490 e. The number of aliphatic carboxylic acids is 2. The minimum Gasteiger partial charge on any atom is -0.475 e. The van der Waals surface area contributed by atoms with Crippen LogP contribution in [-0.2, 0) is 24.0 Å². The summed E-state index contributed by atoms with van der Waals surface area (Å²) in [5, 5.41) is 26.9. The molecular formula is C70H113F6N7O9. The van der Waals surface area contributed by atoms with Crippen LogP contribution in [0.5, 0.6) is 0 Å². The van der Waals surface area contributed by atoms with Gasteiger partial charge < -0.3 is 47.8 Å². The first kappa shape index (κ1) is 85.8. The first-order chi connectivity index (χ1) is 44.0. The molecule has 5 amide bonds. The van der Waals surface area contributed by atoms with Crippen molar-refractivity contribution < 1.29 is 70.1 Å². The number of benzene rings is 2. The van der Waals surface area contributed by atoms with E-state index in [1.54, 1.807) is 53.4 Å². The van der Waals surface area contributed by atoms with Crippen LogP contribution in [0.15, 0.2) is 48.5 Å². The molecule has 0 saturated carbocycles. The van der Waals surface area contributed by atoms with Crippen LogP contribution in [0, 0.1) is 11.8 Å². The van der Waals surface area contributed by atoms with Gasteiger partial charge in [0.25, 0.3) is 11.8 Å². The van der Waals surface area contributed by atoms with Crippen molar-refractivity contribution in [3.8, 4) is 11.8 Å². The zero-order valence-electron chi connectivity index (χ0n) is 55.6. The molecule has 0 saturated heterocycles. The Morgan fingerprint density at radius 2 is 0.663 bits per heavy atom. The van der Waals surface area contributed by atoms with E-state index in [9.17, 15) is 50.3 Å². The molecule has 0 aromatic heterocycles. The van der Waals surface area contributed by atoms with E-state index in [1.165, 1.54) is 135 Å². The van der Waals surface area contributed by atoms with Gasteiger partial charge in [-0.1, -0.05) is 206 Å². The number of nitrogens with two attached hydrogens (primary N) is 2. The molecule has 2 aromatic carbocycles. The number of carboxylic acid groups (broad SMARTS) is 2. The molecule has 524 valence electrons. The van der Waals surface area contributed by atoms with Gasteiger partial charge in [0.2, 0.25) is 17.7 Å². The van der Waals surface area contributed by atoms with Crippen LogP contribution >= 0.6 is 0 Å². The average molecular weight is 1310 g/mol. The van der Waals surface area contributed by atoms with Gasteiger partial charge in [-0.15, -0.1) is 0 Å². The molecule has 22 heteroatoms. The van der Waals surface area contributed by atoms with E-state index in [1.807, 2.05) is 0 Å². The fourth-order valence-electron chi connectivity index (χ4n) is 10.1. The van der Waals surface area contributed by atoms with E-state index in [0.29, 0.717) is 62.5 Å². The molecule has 0 fully saturated rings. The first-order valence-electron chi connectivity index (χ1n) is 34.1. The van der Waals surface area contributed by atoms with Crippen LogP contribution in [0.4, 0.5) is 26.3 Å². The average Bonchev–Trinajstić information content (AvgIpc) is 0.898. The van der Waals surface area contributed by atoms with Crippen LogP contribution in [-0.4, -0.2) is 120 Å². The third-order valence-corrected chi connectivity index (χ3v) is 15.6. The van der Waals surface area contributed by atoms with Crippen LogP contribution in [0.3, 0.4) is 0 Å². The summed E-state index contributed by atoms with van der Waals surface area (Å²) in [4.78, 5) is 87.4. The second kappa shape index (κ2) is 54.2. The monoisotopic (exact) mass is 1310 g/mol. The first-order valence-corrected chi connectivity index (χ1v) is 34.1. The zero-order valence-corrected chi connectivity index (χ0v) is 55.6.